The summed E-state index contributed by atoms with van der Waals surface area (Å²) in [6, 6.07) is 1.92. The number of aryl methyl sites for hydroxylation is 1. The molecule has 5 heteroatoms. The molecule has 90 valence electrons. The summed E-state index contributed by atoms with van der Waals surface area (Å²) < 4.78 is 0. The van der Waals surface area contributed by atoms with Crippen molar-refractivity contribution in [2.45, 2.75) is 26.7 Å². The summed E-state index contributed by atoms with van der Waals surface area (Å²) >= 11 is 0. The fraction of sp³-hybridized carbons (Fsp3) is 0.636. The number of aliphatic hydroxyl groups excluding tert-OH is 1. The van der Waals surface area contributed by atoms with Crippen LogP contribution in [-0.2, 0) is 0 Å². The molecule has 0 aliphatic carbocycles. The van der Waals surface area contributed by atoms with E-state index >= 15 is 0 Å². The fourth-order valence-electron chi connectivity index (χ4n) is 1.35. The molecule has 3 N–H and O–H groups in total. The van der Waals surface area contributed by atoms with Gasteiger partial charge in [-0.05, 0) is 26.7 Å². The zero-order chi connectivity index (χ0) is 11.8. The smallest absolute Gasteiger partial charge is 0.224 e. The molecule has 1 aromatic heterocycles. The van der Waals surface area contributed by atoms with Crippen molar-refractivity contribution in [2.24, 2.45) is 0 Å². The lowest BCUT2D eigenvalue weighted by Gasteiger charge is -2.08. The molecule has 0 atom stereocenters. The van der Waals surface area contributed by atoms with Gasteiger partial charge in [0.1, 0.15) is 5.82 Å². The van der Waals surface area contributed by atoms with E-state index < -0.39 is 0 Å². The molecule has 0 unspecified atom stereocenters. The van der Waals surface area contributed by atoms with Crippen LogP contribution >= 0.6 is 0 Å². The first-order chi connectivity index (χ1) is 7.76. The first-order valence-electron chi connectivity index (χ1n) is 5.70. The summed E-state index contributed by atoms with van der Waals surface area (Å²) in [5.41, 5.74) is 0.940. The van der Waals surface area contributed by atoms with Crippen LogP contribution in [0.15, 0.2) is 6.07 Å². The Bertz CT molecular complexity index is 317. The van der Waals surface area contributed by atoms with E-state index in [2.05, 4.69) is 20.6 Å². The van der Waals surface area contributed by atoms with Gasteiger partial charge in [-0.1, -0.05) is 0 Å². The minimum atomic E-state index is 0.243. The van der Waals surface area contributed by atoms with Gasteiger partial charge in [-0.3, -0.25) is 0 Å². The monoisotopic (exact) mass is 224 g/mol. The second-order valence-electron chi connectivity index (χ2n) is 3.61. The molecule has 5 nitrogen and oxygen atoms in total. The minimum Gasteiger partial charge on any atom is -0.396 e. The number of aliphatic hydroxyl groups is 1. The van der Waals surface area contributed by atoms with Crippen molar-refractivity contribution in [1.82, 2.24) is 9.97 Å². The summed E-state index contributed by atoms with van der Waals surface area (Å²) in [4.78, 5) is 8.59. The molecule has 0 aromatic carbocycles. The van der Waals surface area contributed by atoms with Crippen LogP contribution in [0.4, 0.5) is 11.8 Å². The number of aromatic nitrogens is 2. The lowest BCUT2D eigenvalue weighted by Crippen LogP contribution is -2.08. The third-order valence-electron chi connectivity index (χ3n) is 2.08. The highest BCUT2D eigenvalue weighted by atomic mass is 16.2. The average Bonchev–Trinajstić information content (AvgIpc) is 2.24. The zero-order valence-electron chi connectivity index (χ0n) is 9.95. The number of rotatable bonds is 7. The van der Waals surface area contributed by atoms with Crippen molar-refractivity contribution >= 4 is 11.8 Å². The van der Waals surface area contributed by atoms with Crippen molar-refractivity contribution in [2.75, 3.05) is 30.3 Å². The Hall–Kier alpha value is -1.36. The molecule has 1 aromatic rings. The Balaban J connectivity index is 2.51. The van der Waals surface area contributed by atoms with E-state index in [1.54, 1.807) is 0 Å². The topological polar surface area (TPSA) is 70.1 Å². The van der Waals surface area contributed by atoms with Crippen LogP contribution in [0.1, 0.15) is 25.5 Å². The molecule has 0 fully saturated rings. The largest absolute Gasteiger partial charge is 0.396 e. The van der Waals surface area contributed by atoms with Gasteiger partial charge in [-0.25, -0.2) is 4.98 Å². The predicted molar refractivity (Wildman–Crippen MR) is 65.7 cm³/mol. The number of nitrogens with one attached hydrogen (secondary N) is 2. The number of nitrogens with zero attached hydrogens (tertiary/aromatic N) is 2. The van der Waals surface area contributed by atoms with Gasteiger partial charge in [-0.2, -0.15) is 4.98 Å². The molecule has 0 aliphatic rings. The van der Waals surface area contributed by atoms with E-state index in [4.69, 9.17) is 5.11 Å². The summed E-state index contributed by atoms with van der Waals surface area (Å²) in [5.74, 6) is 1.49. The van der Waals surface area contributed by atoms with E-state index in [-0.39, 0.29) is 6.61 Å². The molecular formula is C11H20N4O. The van der Waals surface area contributed by atoms with Crippen LogP contribution in [0, 0.1) is 6.92 Å². The van der Waals surface area contributed by atoms with E-state index in [9.17, 15) is 0 Å². The van der Waals surface area contributed by atoms with E-state index in [0.717, 1.165) is 37.4 Å². The maximum atomic E-state index is 8.66. The van der Waals surface area contributed by atoms with Gasteiger partial charge in [0.15, 0.2) is 0 Å². The molecule has 0 aliphatic heterocycles. The molecule has 16 heavy (non-hydrogen) atoms. The average molecular weight is 224 g/mol. The Morgan fingerprint density at radius 2 is 2.06 bits per heavy atom. The van der Waals surface area contributed by atoms with Gasteiger partial charge in [0.05, 0.1) is 0 Å². The van der Waals surface area contributed by atoms with Crippen LogP contribution in [0.5, 0.6) is 0 Å². The van der Waals surface area contributed by atoms with Gasteiger partial charge >= 0.3 is 0 Å². The highest BCUT2D eigenvalue weighted by Crippen LogP contribution is 2.09. The third kappa shape index (κ3) is 4.44. The molecule has 0 spiro atoms. The molecule has 0 amide bonds. The molecular weight excluding hydrogens is 204 g/mol. The van der Waals surface area contributed by atoms with Crippen LogP contribution in [-0.4, -0.2) is 34.8 Å². The Morgan fingerprint density at radius 3 is 2.75 bits per heavy atom. The summed E-state index contributed by atoms with van der Waals surface area (Å²) in [7, 11) is 0. The minimum absolute atomic E-state index is 0.243. The van der Waals surface area contributed by atoms with Crippen molar-refractivity contribution in [3.8, 4) is 0 Å². The van der Waals surface area contributed by atoms with Crippen LogP contribution in [0.3, 0.4) is 0 Å². The highest BCUT2D eigenvalue weighted by molar-refractivity contribution is 5.41. The van der Waals surface area contributed by atoms with Crippen LogP contribution < -0.4 is 10.6 Å². The van der Waals surface area contributed by atoms with Gasteiger partial charge in [0, 0.05) is 31.5 Å². The van der Waals surface area contributed by atoms with Crippen molar-refractivity contribution < 1.29 is 5.11 Å². The number of anilines is 2. The maximum absolute atomic E-state index is 8.66. The number of hydrogen-bond acceptors (Lipinski definition) is 5. The van der Waals surface area contributed by atoms with E-state index in [0.29, 0.717) is 5.95 Å². The Kier molecular flexibility index (Phi) is 5.56. The van der Waals surface area contributed by atoms with Crippen LogP contribution in [0.2, 0.25) is 0 Å². The lowest BCUT2D eigenvalue weighted by molar-refractivity contribution is 0.286. The highest BCUT2D eigenvalue weighted by Gasteiger charge is 2.00. The first kappa shape index (κ1) is 12.7. The molecule has 0 radical (unpaired) electrons. The molecule has 1 rings (SSSR count). The quantitative estimate of drug-likeness (QED) is 0.611. The zero-order valence-corrected chi connectivity index (χ0v) is 9.95. The lowest BCUT2D eigenvalue weighted by atomic mass is 10.3. The van der Waals surface area contributed by atoms with Gasteiger partial charge in [0.25, 0.3) is 0 Å². The SMILES string of the molecule is CCNc1nc(C)cc(NCCCCO)n1. The summed E-state index contributed by atoms with van der Waals surface area (Å²) in [6.07, 6.45) is 1.76. The van der Waals surface area contributed by atoms with Crippen molar-refractivity contribution in [3.63, 3.8) is 0 Å². The van der Waals surface area contributed by atoms with Crippen LogP contribution in [0.25, 0.3) is 0 Å². The fourth-order valence-corrected chi connectivity index (χ4v) is 1.35. The Labute approximate surface area is 96.3 Å². The normalized spacial score (nSPS) is 10.2. The Morgan fingerprint density at radius 1 is 1.25 bits per heavy atom. The molecule has 1 heterocycles. The first-order valence-corrected chi connectivity index (χ1v) is 5.70. The van der Waals surface area contributed by atoms with Gasteiger partial charge in [-0.15, -0.1) is 0 Å². The second-order valence-corrected chi connectivity index (χ2v) is 3.61. The van der Waals surface area contributed by atoms with Crippen molar-refractivity contribution in [3.05, 3.63) is 11.8 Å². The number of hydrogen-bond donors (Lipinski definition) is 3. The predicted octanol–water partition coefficient (Wildman–Crippen LogP) is 1.40. The van der Waals surface area contributed by atoms with E-state index in [1.807, 2.05) is 19.9 Å². The molecule has 0 saturated heterocycles. The molecule has 0 bridgehead atoms. The van der Waals surface area contributed by atoms with Gasteiger partial charge in [0.2, 0.25) is 5.95 Å². The summed E-state index contributed by atoms with van der Waals surface area (Å²) in [6.45, 7) is 5.84. The van der Waals surface area contributed by atoms with Gasteiger partial charge < -0.3 is 15.7 Å². The second kappa shape index (κ2) is 7.00. The standard InChI is InChI=1S/C11H20N4O/c1-3-12-11-14-9(2)8-10(15-11)13-6-4-5-7-16/h8,16H,3-7H2,1-2H3,(H2,12,13,14,15). The third-order valence-corrected chi connectivity index (χ3v) is 2.08. The molecule has 0 saturated carbocycles. The maximum Gasteiger partial charge on any atom is 0.224 e. The van der Waals surface area contributed by atoms with E-state index in [1.165, 1.54) is 0 Å². The summed E-state index contributed by atoms with van der Waals surface area (Å²) in [5, 5.41) is 15.0. The number of unbranched alkanes of at least 4 members (excludes halogenated alkanes) is 1. The van der Waals surface area contributed by atoms with Crippen molar-refractivity contribution in [1.29, 1.82) is 0 Å².